The highest BCUT2D eigenvalue weighted by molar-refractivity contribution is 5.35. The van der Waals surface area contributed by atoms with E-state index >= 15 is 0 Å². The summed E-state index contributed by atoms with van der Waals surface area (Å²) in [6.45, 7) is 2.41. The van der Waals surface area contributed by atoms with Gasteiger partial charge in [0.15, 0.2) is 0 Å². The van der Waals surface area contributed by atoms with Gasteiger partial charge in [0.2, 0.25) is 0 Å². The van der Waals surface area contributed by atoms with E-state index in [0.717, 1.165) is 11.8 Å². The summed E-state index contributed by atoms with van der Waals surface area (Å²) in [6.07, 6.45) is 10.9. The zero-order valence-electron chi connectivity index (χ0n) is 13.1. The van der Waals surface area contributed by atoms with E-state index in [-0.39, 0.29) is 0 Å². The van der Waals surface area contributed by atoms with Gasteiger partial charge in [-0.25, -0.2) is 0 Å². The average molecular weight is 271 g/mol. The molecule has 3 rings (SSSR count). The Morgan fingerprint density at radius 2 is 1.70 bits per heavy atom. The third kappa shape index (κ3) is 2.93. The van der Waals surface area contributed by atoms with E-state index in [0.29, 0.717) is 6.04 Å². The highest BCUT2D eigenvalue weighted by atomic mass is 14.9. The summed E-state index contributed by atoms with van der Waals surface area (Å²) >= 11 is 0. The fourth-order valence-electron chi connectivity index (χ4n) is 4.24. The summed E-state index contributed by atoms with van der Waals surface area (Å²) in [7, 11) is 2.14. The predicted octanol–water partition coefficient (Wildman–Crippen LogP) is 4.65. The molecule has 1 nitrogen and oxygen atoms in total. The molecule has 1 fully saturated rings. The number of benzene rings is 1. The van der Waals surface area contributed by atoms with Crippen molar-refractivity contribution in [2.24, 2.45) is 11.8 Å². The third-order valence-electron chi connectivity index (χ3n) is 5.57. The minimum absolute atomic E-state index is 0.565. The molecule has 2 aliphatic carbocycles. The maximum absolute atomic E-state index is 3.61. The molecule has 0 radical (unpaired) electrons. The first-order valence-electron chi connectivity index (χ1n) is 8.57. The van der Waals surface area contributed by atoms with Gasteiger partial charge < -0.3 is 5.32 Å². The molecular formula is C19H29N. The molecule has 0 amide bonds. The normalized spacial score (nSPS) is 27.9. The first kappa shape index (κ1) is 14.1. The minimum Gasteiger partial charge on any atom is -0.313 e. The van der Waals surface area contributed by atoms with Crippen molar-refractivity contribution < 1.29 is 0 Å². The van der Waals surface area contributed by atoms with Crippen LogP contribution in [0.15, 0.2) is 18.2 Å². The lowest BCUT2D eigenvalue weighted by Gasteiger charge is -2.33. The van der Waals surface area contributed by atoms with Gasteiger partial charge in [0.05, 0.1) is 0 Å². The van der Waals surface area contributed by atoms with E-state index in [1.165, 1.54) is 56.9 Å². The van der Waals surface area contributed by atoms with Gasteiger partial charge >= 0.3 is 0 Å². The quantitative estimate of drug-likeness (QED) is 0.843. The van der Waals surface area contributed by atoms with Crippen LogP contribution in [0.4, 0.5) is 0 Å². The third-order valence-corrected chi connectivity index (χ3v) is 5.57. The van der Waals surface area contributed by atoms with Crippen LogP contribution in [-0.2, 0) is 12.8 Å². The van der Waals surface area contributed by atoms with Gasteiger partial charge in [0.1, 0.15) is 0 Å². The number of nitrogens with one attached hydrogen (secondary N) is 1. The van der Waals surface area contributed by atoms with Crippen LogP contribution in [-0.4, -0.2) is 7.05 Å². The number of hydrogen-bond acceptors (Lipinski definition) is 1. The maximum atomic E-state index is 3.61. The molecule has 1 heteroatoms. The second-order valence-electron chi connectivity index (χ2n) is 7.02. The Morgan fingerprint density at radius 3 is 2.40 bits per heavy atom. The number of rotatable bonds is 3. The highest BCUT2D eigenvalue weighted by Crippen LogP contribution is 2.37. The molecule has 1 aromatic carbocycles. The lowest BCUT2D eigenvalue weighted by molar-refractivity contribution is 0.238. The molecule has 0 saturated heterocycles. The first-order valence-corrected chi connectivity index (χ1v) is 8.57. The lowest BCUT2D eigenvalue weighted by atomic mass is 9.76. The zero-order chi connectivity index (χ0) is 13.9. The number of aryl methyl sites for hydroxylation is 2. The van der Waals surface area contributed by atoms with E-state index in [2.05, 4.69) is 37.5 Å². The molecule has 0 bridgehead atoms. The molecule has 1 N–H and O–H groups in total. The van der Waals surface area contributed by atoms with E-state index < -0.39 is 0 Å². The Labute approximate surface area is 124 Å². The van der Waals surface area contributed by atoms with Gasteiger partial charge in [-0.1, -0.05) is 38.0 Å². The number of hydrogen-bond donors (Lipinski definition) is 1. The standard InChI is InChI=1S/C19H29N/c1-14-7-9-16(10-8-14)19(20-2)18-12-11-15-5-3-4-6-17(15)13-18/h11-14,16,19-20H,3-10H2,1-2H3. The van der Waals surface area contributed by atoms with Gasteiger partial charge in [-0.2, -0.15) is 0 Å². The summed E-state index contributed by atoms with van der Waals surface area (Å²) in [5.41, 5.74) is 4.76. The van der Waals surface area contributed by atoms with E-state index in [4.69, 9.17) is 0 Å². The van der Waals surface area contributed by atoms with Crippen molar-refractivity contribution in [1.29, 1.82) is 0 Å². The van der Waals surface area contributed by atoms with Crippen molar-refractivity contribution in [2.45, 2.75) is 64.3 Å². The molecule has 1 aromatic rings. The van der Waals surface area contributed by atoms with Crippen molar-refractivity contribution in [3.05, 3.63) is 34.9 Å². The summed E-state index contributed by atoms with van der Waals surface area (Å²) in [4.78, 5) is 0. The summed E-state index contributed by atoms with van der Waals surface area (Å²) in [5.74, 6) is 1.77. The molecule has 0 spiro atoms. The van der Waals surface area contributed by atoms with Crippen LogP contribution in [0.5, 0.6) is 0 Å². The average Bonchev–Trinajstić information content (AvgIpc) is 2.50. The predicted molar refractivity (Wildman–Crippen MR) is 86.0 cm³/mol. The molecular weight excluding hydrogens is 242 g/mol. The van der Waals surface area contributed by atoms with Crippen LogP contribution < -0.4 is 5.32 Å². The smallest absolute Gasteiger partial charge is 0.0346 e. The summed E-state index contributed by atoms with van der Waals surface area (Å²) < 4.78 is 0. The largest absolute Gasteiger partial charge is 0.313 e. The molecule has 2 aliphatic rings. The highest BCUT2D eigenvalue weighted by Gasteiger charge is 2.26. The van der Waals surface area contributed by atoms with Gasteiger partial charge in [0, 0.05) is 6.04 Å². The van der Waals surface area contributed by atoms with E-state index in [1.807, 2.05) is 0 Å². The van der Waals surface area contributed by atoms with Crippen LogP contribution >= 0.6 is 0 Å². The maximum Gasteiger partial charge on any atom is 0.0346 e. The van der Waals surface area contributed by atoms with Crippen LogP contribution in [0.1, 0.15) is 68.2 Å². The summed E-state index contributed by atoms with van der Waals surface area (Å²) in [6, 6.07) is 7.87. The van der Waals surface area contributed by atoms with Crippen molar-refractivity contribution in [1.82, 2.24) is 5.32 Å². The second kappa shape index (κ2) is 6.30. The topological polar surface area (TPSA) is 12.0 Å². The van der Waals surface area contributed by atoms with Crippen molar-refractivity contribution in [2.75, 3.05) is 7.05 Å². The van der Waals surface area contributed by atoms with Crippen molar-refractivity contribution in [3.8, 4) is 0 Å². The van der Waals surface area contributed by atoms with Crippen LogP contribution in [0.2, 0.25) is 0 Å². The number of fused-ring (bicyclic) bond motifs is 1. The summed E-state index contributed by atoms with van der Waals surface area (Å²) in [5, 5.41) is 3.61. The Kier molecular flexibility index (Phi) is 4.45. The SMILES string of the molecule is CNC(c1ccc2c(c1)CCCC2)C1CCC(C)CC1. The molecule has 110 valence electrons. The lowest BCUT2D eigenvalue weighted by Crippen LogP contribution is -2.28. The van der Waals surface area contributed by atoms with Crippen LogP contribution in [0, 0.1) is 11.8 Å². The van der Waals surface area contributed by atoms with E-state index in [9.17, 15) is 0 Å². The Bertz CT molecular complexity index is 443. The van der Waals surface area contributed by atoms with Crippen LogP contribution in [0.3, 0.4) is 0 Å². The fourth-order valence-corrected chi connectivity index (χ4v) is 4.24. The van der Waals surface area contributed by atoms with Gasteiger partial charge in [-0.05, 0) is 74.1 Å². The molecule has 0 heterocycles. The molecule has 0 aliphatic heterocycles. The fraction of sp³-hybridized carbons (Fsp3) is 0.684. The van der Waals surface area contributed by atoms with Gasteiger partial charge in [-0.3, -0.25) is 0 Å². The van der Waals surface area contributed by atoms with E-state index in [1.54, 1.807) is 11.1 Å². The Morgan fingerprint density at radius 1 is 1.00 bits per heavy atom. The van der Waals surface area contributed by atoms with Crippen molar-refractivity contribution >= 4 is 0 Å². The van der Waals surface area contributed by atoms with Crippen LogP contribution in [0.25, 0.3) is 0 Å². The second-order valence-corrected chi connectivity index (χ2v) is 7.02. The molecule has 1 unspecified atom stereocenters. The zero-order valence-corrected chi connectivity index (χ0v) is 13.1. The van der Waals surface area contributed by atoms with Gasteiger partial charge in [-0.15, -0.1) is 0 Å². The van der Waals surface area contributed by atoms with Gasteiger partial charge in [0.25, 0.3) is 0 Å². The first-order chi connectivity index (χ1) is 9.78. The van der Waals surface area contributed by atoms with Crippen molar-refractivity contribution in [3.63, 3.8) is 0 Å². The Balaban J connectivity index is 1.78. The molecule has 0 aromatic heterocycles. The molecule has 20 heavy (non-hydrogen) atoms. The monoisotopic (exact) mass is 271 g/mol. The molecule has 1 atom stereocenters. The Hall–Kier alpha value is -0.820. The minimum atomic E-state index is 0.565. The molecule has 1 saturated carbocycles.